The number of hydrogen-bond donors (Lipinski definition) is 0. The topological polar surface area (TPSA) is 55.2 Å². The van der Waals surface area contributed by atoms with Gasteiger partial charge in [0.15, 0.2) is 5.00 Å². The van der Waals surface area contributed by atoms with E-state index in [0.717, 1.165) is 23.6 Å². The number of aryl methyl sites for hydroxylation is 1. The summed E-state index contributed by atoms with van der Waals surface area (Å²) >= 11 is 1.11. The van der Waals surface area contributed by atoms with Crippen LogP contribution in [-0.4, -0.2) is 15.7 Å². The third-order valence-corrected chi connectivity index (χ3v) is 1.68. The van der Waals surface area contributed by atoms with Gasteiger partial charge in [-0.05, 0) is 6.42 Å². The Kier molecular flexibility index (Phi) is 2.25. The molecule has 0 bridgehead atoms. The van der Waals surface area contributed by atoms with Crippen molar-refractivity contribution in [3.63, 3.8) is 0 Å². The number of aliphatic imine (C=N–C) groups is 1. The van der Waals surface area contributed by atoms with E-state index in [2.05, 4.69) is 14.6 Å². The maximum absolute atomic E-state index is 9.80. The first-order chi connectivity index (χ1) is 4.88. The molecule has 0 atom stereocenters. The molecule has 0 spiro atoms. The van der Waals surface area contributed by atoms with Crippen molar-refractivity contribution in [1.82, 2.24) is 9.59 Å². The molecule has 1 aromatic rings. The van der Waals surface area contributed by atoms with E-state index in [1.807, 2.05) is 6.92 Å². The summed E-state index contributed by atoms with van der Waals surface area (Å²) in [6, 6.07) is 0. The molecule has 0 saturated carbocycles. The molecular weight excluding hydrogens is 150 g/mol. The molecule has 4 nitrogen and oxygen atoms in total. The molecule has 0 N–H and O–H groups in total. The molecule has 5 heteroatoms. The fourth-order valence-corrected chi connectivity index (χ4v) is 1.14. The van der Waals surface area contributed by atoms with Gasteiger partial charge in [-0.2, -0.15) is 4.99 Å². The Morgan fingerprint density at radius 1 is 1.80 bits per heavy atom. The van der Waals surface area contributed by atoms with E-state index in [-0.39, 0.29) is 0 Å². The SMILES string of the molecule is CCc1nnsc1N=C=O. The van der Waals surface area contributed by atoms with E-state index in [1.54, 1.807) is 0 Å². The molecule has 0 aliphatic carbocycles. The molecule has 0 fully saturated rings. The lowest BCUT2D eigenvalue weighted by Crippen LogP contribution is -1.78. The molecule has 1 aromatic heterocycles. The number of carbonyl (C=O) groups excluding carboxylic acids is 1. The zero-order valence-electron chi connectivity index (χ0n) is 5.37. The monoisotopic (exact) mass is 155 g/mol. The van der Waals surface area contributed by atoms with Crippen LogP contribution in [0.15, 0.2) is 4.99 Å². The lowest BCUT2D eigenvalue weighted by atomic mass is 10.4. The number of nitrogens with zero attached hydrogens (tertiary/aromatic N) is 3. The maximum Gasteiger partial charge on any atom is 0.241 e. The first-order valence-electron chi connectivity index (χ1n) is 2.77. The Balaban J connectivity index is 3.00. The Labute approximate surface area is 61.8 Å². The van der Waals surface area contributed by atoms with E-state index in [4.69, 9.17) is 0 Å². The van der Waals surface area contributed by atoms with Crippen LogP contribution in [0.25, 0.3) is 0 Å². The van der Waals surface area contributed by atoms with E-state index in [1.165, 1.54) is 6.08 Å². The standard InChI is InChI=1S/C5H5N3OS/c1-2-4-5(6-3-9)10-8-7-4/h2H2,1H3. The van der Waals surface area contributed by atoms with Gasteiger partial charge >= 0.3 is 0 Å². The third kappa shape index (κ3) is 1.26. The normalized spacial score (nSPS) is 8.90. The lowest BCUT2D eigenvalue weighted by molar-refractivity contribution is 0.565. The van der Waals surface area contributed by atoms with Gasteiger partial charge in [0, 0.05) is 11.5 Å². The van der Waals surface area contributed by atoms with E-state index < -0.39 is 0 Å². The van der Waals surface area contributed by atoms with Crippen LogP contribution in [0.1, 0.15) is 12.6 Å². The predicted molar refractivity (Wildman–Crippen MR) is 37.1 cm³/mol. The zero-order chi connectivity index (χ0) is 7.40. The maximum atomic E-state index is 9.80. The van der Waals surface area contributed by atoms with Gasteiger partial charge < -0.3 is 0 Å². The number of hydrogen-bond acceptors (Lipinski definition) is 5. The van der Waals surface area contributed by atoms with Crippen LogP contribution in [0.2, 0.25) is 0 Å². The molecule has 0 unspecified atom stereocenters. The highest BCUT2D eigenvalue weighted by molar-refractivity contribution is 7.09. The summed E-state index contributed by atoms with van der Waals surface area (Å²) < 4.78 is 3.63. The minimum Gasteiger partial charge on any atom is -0.211 e. The minimum atomic E-state index is 0.567. The fraction of sp³-hybridized carbons (Fsp3) is 0.400. The van der Waals surface area contributed by atoms with Crippen LogP contribution in [0.4, 0.5) is 5.00 Å². The summed E-state index contributed by atoms with van der Waals surface area (Å²) in [6.45, 7) is 1.93. The van der Waals surface area contributed by atoms with Crippen LogP contribution in [0.3, 0.4) is 0 Å². The molecule has 10 heavy (non-hydrogen) atoms. The Hall–Kier alpha value is -1.06. The van der Waals surface area contributed by atoms with Gasteiger partial charge in [0.05, 0.1) is 0 Å². The van der Waals surface area contributed by atoms with Crippen molar-refractivity contribution >= 4 is 22.6 Å². The highest BCUT2D eigenvalue weighted by atomic mass is 32.1. The highest BCUT2D eigenvalue weighted by Crippen LogP contribution is 2.20. The van der Waals surface area contributed by atoms with Gasteiger partial charge in [-0.25, -0.2) is 4.79 Å². The van der Waals surface area contributed by atoms with Gasteiger partial charge in [0.2, 0.25) is 6.08 Å². The van der Waals surface area contributed by atoms with Crippen LogP contribution >= 0.6 is 11.5 Å². The van der Waals surface area contributed by atoms with Crippen LogP contribution < -0.4 is 0 Å². The Morgan fingerprint density at radius 2 is 2.60 bits per heavy atom. The predicted octanol–water partition coefficient (Wildman–Crippen LogP) is 1.07. The van der Waals surface area contributed by atoms with Gasteiger partial charge in [0.1, 0.15) is 5.69 Å². The number of isocyanates is 1. The quantitative estimate of drug-likeness (QED) is 0.474. The van der Waals surface area contributed by atoms with E-state index in [0.29, 0.717) is 5.00 Å². The first kappa shape index (κ1) is 7.05. The van der Waals surface area contributed by atoms with Gasteiger partial charge in [-0.1, -0.05) is 11.4 Å². The van der Waals surface area contributed by atoms with E-state index in [9.17, 15) is 4.79 Å². The summed E-state index contributed by atoms with van der Waals surface area (Å²) in [4.78, 5) is 13.2. The van der Waals surface area contributed by atoms with Gasteiger partial charge in [-0.3, -0.25) is 0 Å². The summed E-state index contributed by atoms with van der Waals surface area (Å²) in [5.41, 5.74) is 0.758. The Morgan fingerprint density at radius 3 is 3.20 bits per heavy atom. The second kappa shape index (κ2) is 3.20. The van der Waals surface area contributed by atoms with Gasteiger partial charge in [-0.15, -0.1) is 5.10 Å². The minimum absolute atomic E-state index is 0.567. The van der Waals surface area contributed by atoms with Crippen molar-refractivity contribution in [3.8, 4) is 0 Å². The fourth-order valence-electron chi connectivity index (χ4n) is 0.552. The second-order valence-corrected chi connectivity index (χ2v) is 2.31. The van der Waals surface area contributed by atoms with Crippen molar-refractivity contribution in [2.45, 2.75) is 13.3 Å². The molecule has 1 rings (SSSR count). The second-order valence-electron chi connectivity index (χ2n) is 1.58. The molecule has 0 aromatic carbocycles. The molecule has 0 amide bonds. The molecular formula is C5H5N3OS. The van der Waals surface area contributed by atoms with Crippen molar-refractivity contribution in [2.75, 3.05) is 0 Å². The average molecular weight is 155 g/mol. The van der Waals surface area contributed by atoms with Crippen LogP contribution in [0.5, 0.6) is 0 Å². The average Bonchev–Trinajstić information content (AvgIpc) is 2.36. The molecule has 0 aliphatic rings. The number of aromatic nitrogens is 2. The summed E-state index contributed by atoms with van der Waals surface area (Å²) in [5, 5.41) is 4.32. The first-order valence-corrected chi connectivity index (χ1v) is 3.55. The zero-order valence-corrected chi connectivity index (χ0v) is 6.18. The number of rotatable bonds is 2. The summed E-state index contributed by atoms with van der Waals surface area (Å²) in [5.74, 6) is 0. The summed E-state index contributed by atoms with van der Waals surface area (Å²) in [7, 11) is 0. The molecule has 0 radical (unpaired) electrons. The van der Waals surface area contributed by atoms with Crippen LogP contribution in [0, 0.1) is 0 Å². The molecule has 0 saturated heterocycles. The van der Waals surface area contributed by atoms with Crippen molar-refractivity contribution in [2.24, 2.45) is 4.99 Å². The van der Waals surface area contributed by atoms with Crippen molar-refractivity contribution < 1.29 is 4.79 Å². The molecule has 0 aliphatic heterocycles. The Bertz CT molecular complexity index is 264. The molecule has 52 valence electrons. The van der Waals surface area contributed by atoms with Crippen LogP contribution in [-0.2, 0) is 11.2 Å². The summed E-state index contributed by atoms with van der Waals surface area (Å²) in [6.07, 6.45) is 2.20. The highest BCUT2D eigenvalue weighted by Gasteiger charge is 2.02. The largest absolute Gasteiger partial charge is 0.241 e. The van der Waals surface area contributed by atoms with Crippen molar-refractivity contribution in [1.29, 1.82) is 0 Å². The van der Waals surface area contributed by atoms with E-state index >= 15 is 0 Å². The smallest absolute Gasteiger partial charge is 0.211 e. The third-order valence-electron chi connectivity index (χ3n) is 1.02. The van der Waals surface area contributed by atoms with Gasteiger partial charge in [0.25, 0.3) is 0 Å². The van der Waals surface area contributed by atoms with Crippen molar-refractivity contribution in [3.05, 3.63) is 5.69 Å². The molecule has 1 heterocycles. The lowest BCUT2D eigenvalue weighted by Gasteiger charge is -1.83.